The maximum Gasteiger partial charge on any atom is 0.469 e. The minimum atomic E-state index is -5.06. The van der Waals surface area contributed by atoms with Crippen molar-refractivity contribution in [3.05, 3.63) is 0 Å². The third kappa shape index (κ3) is 11.7. The molecule has 116 valence electrons. The topological polar surface area (TPSA) is 139 Å². The molecule has 0 aliphatic rings. The van der Waals surface area contributed by atoms with Gasteiger partial charge in [0.1, 0.15) is 0 Å². The maximum atomic E-state index is 10.6. The van der Waals surface area contributed by atoms with E-state index in [1.807, 2.05) is 0 Å². The summed E-state index contributed by atoms with van der Waals surface area (Å²) in [6.45, 7) is 5.06. The Hall–Kier alpha value is 0.220. The Morgan fingerprint density at radius 1 is 1.16 bits per heavy atom. The minimum absolute atomic E-state index is 0.145. The van der Waals surface area contributed by atoms with Gasteiger partial charge in [-0.25, -0.2) is 4.57 Å². The minimum Gasteiger partial charge on any atom is -0.790 e. The molecular formula is C9H20O8P2-2. The van der Waals surface area contributed by atoms with Crippen LogP contribution in [0, 0.1) is 5.41 Å². The van der Waals surface area contributed by atoms with Crippen LogP contribution < -0.4 is 9.79 Å². The lowest BCUT2D eigenvalue weighted by atomic mass is 9.86. The monoisotopic (exact) mass is 318 g/mol. The van der Waals surface area contributed by atoms with Crippen molar-refractivity contribution in [2.45, 2.75) is 46.1 Å². The van der Waals surface area contributed by atoms with Gasteiger partial charge in [0.25, 0.3) is 0 Å². The highest BCUT2D eigenvalue weighted by Crippen LogP contribution is 2.38. The van der Waals surface area contributed by atoms with Gasteiger partial charge < -0.3 is 28.7 Å². The summed E-state index contributed by atoms with van der Waals surface area (Å²) in [6.07, 6.45) is 0.247. The first-order valence-electron chi connectivity index (χ1n) is 5.72. The predicted octanol–water partition coefficient (Wildman–Crippen LogP) is 0.526. The summed E-state index contributed by atoms with van der Waals surface area (Å²) in [7, 11) is -9.53. The van der Waals surface area contributed by atoms with Crippen LogP contribution in [-0.4, -0.2) is 22.5 Å². The first kappa shape index (κ1) is 19.2. The fourth-order valence-corrected chi connectivity index (χ4v) is 2.52. The Kier molecular flexibility index (Phi) is 7.38. The average molecular weight is 318 g/mol. The van der Waals surface area contributed by atoms with Crippen LogP contribution in [0.15, 0.2) is 0 Å². The van der Waals surface area contributed by atoms with E-state index in [1.165, 1.54) is 0 Å². The van der Waals surface area contributed by atoms with Crippen molar-refractivity contribution in [2.75, 3.05) is 6.61 Å². The Balaban J connectivity index is 4.16. The average Bonchev–Trinajstić information content (AvgIpc) is 2.10. The van der Waals surface area contributed by atoms with Crippen molar-refractivity contribution in [3.63, 3.8) is 0 Å². The molecule has 8 nitrogen and oxygen atoms in total. The molecule has 19 heavy (non-hydrogen) atoms. The second-order valence-corrected chi connectivity index (χ2v) is 7.57. The number of phosphoric ester groups is 2. The zero-order valence-electron chi connectivity index (χ0n) is 11.1. The van der Waals surface area contributed by atoms with Gasteiger partial charge in [-0.1, -0.05) is 20.8 Å². The van der Waals surface area contributed by atoms with Crippen molar-refractivity contribution in [1.29, 1.82) is 0 Å². The molecule has 0 aromatic rings. The largest absolute Gasteiger partial charge is 0.790 e. The summed E-state index contributed by atoms with van der Waals surface area (Å²) >= 11 is 0. The highest BCUT2D eigenvalue weighted by atomic mass is 31.2. The van der Waals surface area contributed by atoms with Gasteiger partial charge in [-0.3, -0.25) is 4.52 Å². The summed E-state index contributed by atoms with van der Waals surface area (Å²) < 4.78 is 29.8. The van der Waals surface area contributed by atoms with Crippen LogP contribution in [0.5, 0.6) is 0 Å². The fraction of sp³-hybridized carbons (Fsp3) is 1.00. The van der Waals surface area contributed by atoms with Crippen molar-refractivity contribution in [2.24, 2.45) is 5.41 Å². The summed E-state index contributed by atoms with van der Waals surface area (Å²) in [6, 6.07) is 0. The third-order valence-corrected chi connectivity index (χ3v) is 3.37. The SMILES string of the molecule is CC(C)(C)C(CCCCOP(=O)(O)O)OP(=O)([O-])[O-]. The molecule has 0 aromatic heterocycles. The quantitative estimate of drug-likeness (QED) is 0.488. The van der Waals surface area contributed by atoms with E-state index in [9.17, 15) is 18.9 Å². The number of phosphoric acid groups is 2. The fourth-order valence-electron chi connectivity index (χ4n) is 1.41. The van der Waals surface area contributed by atoms with Crippen LogP contribution in [0.1, 0.15) is 40.0 Å². The standard InChI is InChI=1S/C9H22O8P2/c1-9(2,3)8(17-19(13,14)15)6-4-5-7-16-18(10,11)12/h8H,4-7H2,1-3H3,(H2,10,11,12)(H2,13,14,15)/p-2. The van der Waals surface area contributed by atoms with E-state index in [4.69, 9.17) is 9.79 Å². The van der Waals surface area contributed by atoms with Crippen LogP contribution >= 0.6 is 15.6 Å². The zero-order valence-corrected chi connectivity index (χ0v) is 12.9. The Bertz CT molecular complexity index is 352. The molecule has 0 aliphatic heterocycles. The highest BCUT2D eigenvalue weighted by Gasteiger charge is 2.26. The first-order valence-corrected chi connectivity index (χ1v) is 8.71. The van der Waals surface area contributed by atoms with E-state index in [2.05, 4.69) is 9.05 Å². The van der Waals surface area contributed by atoms with Gasteiger partial charge in [-0.15, -0.1) is 0 Å². The van der Waals surface area contributed by atoms with Gasteiger partial charge in [0.2, 0.25) is 0 Å². The molecular weight excluding hydrogens is 298 g/mol. The molecule has 2 N–H and O–H groups in total. The van der Waals surface area contributed by atoms with Crippen LogP contribution in [0.4, 0.5) is 0 Å². The van der Waals surface area contributed by atoms with Gasteiger partial charge >= 0.3 is 7.82 Å². The summed E-state index contributed by atoms with van der Waals surface area (Å²) in [5.41, 5.74) is -0.533. The molecule has 0 fully saturated rings. The molecule has 10 heteroatoms. The van der Waals surface area contributed by atoms with E-state index in [-0.39, 0.29) is 13.0 Å². The van der Waals surface area contributed by atoms with Gasteiger partial charge in [0.05, 0.1) is 20.5 Å². The maximum absolute atomic E-state index is 10.6. The summed E-state index contributed by atoms with van der Waals surface area (Å²) in [5.74, 6) is 0. The molecule has 0 rings (SSSR count). The van der Waals surface area contributed by atoms with Crippen LogP contribution in [0.3, 0.4) is 0 Å². The van der Waals surface area contributed by atoms with E-state index in [1.54, 1.807) is 20.8 Å². The molecule has 0 saturated carbocycles. The predicted molar refractivity (Wildman–Crippen MR) is 63.8 cm³/mol. The number of unbranched alkanes of at least 4 members (excludes halogenated alkanes) is 1. The smallest absolute Gasteiger partial charge is 0.469 e. The molecule has 0 bridgehead atoms. The van der Waals surface area contributed by atoms with Gasteiger partial charge in [-0.05, 0) is 24.7 Å². The second kappa shape index (κ2) is 7.29. The zero-order chi connectivity index (χ0) is 15.3. The van der Waals surface area contributed by atoms with E-state index < -0.39 is 27.2 Å². The lowest BCUT2D eigenvalue weighted by Gasteiger charge is -2.39. The second-order valence-electron chi connectivity index (χ2n) is 5.23. The first-order chi connectivity index (χ1) is 8.31. The lowest BCUT2D eigenvalue weighted by Crippen LogP contribution is -2.32. The molecule has 1 unspecified atom stereocenters. The molecule has 0 aromatic carbocycles. The summed E-state index contributed by atoms with van der Waals surface area (Å²) in [4.78, 5) is 38.2. The van der Waals surface area contributed by atoms with Gasteiger partial charge in [0, 0.05) is 0 Å². The third-order valence-electron chi connectivity index (χ3n) is 2.34. The molecule has 0 aliphatic carbocycles. The van der Waals surface area contributed by atoms with Crippen LogP contribution in [-0.2, 0) is 18.2 Å². The normalized spacial score (nSPS) is 15.5. The molecule has 0 saturated heterocycles. The molecule has 0 radical (unpaired) electrons. The van der Waals surface area contributed by atoms with Crippen molar-refractivity contribution < 1.29 is 37.8 Å². The molecule has 0 heterocycles. The number of hydrogen-bond acceptors (Lipinski definition) is 6. The van der Waals surface area contributed by atoms with Crippen molar-refractivity contribution in [3.8, 4) is 0 Å². The Labute approximate surface area is 112 Å². The van der Waals surface area contributed by atoms with Crippen molar-refractivity contribution >= 4 is 15.6 Å². The molecule has 0 spiro atoms. The number of rotatable bonds is 8. The molecule has 1 atom stereocenters. The highest BCUT2D eigenvalue weighted by molar-refractivity contribution is 7.46. The van der Waals surface area contributed by atoms with E-state index in [0.717, 1.165) is 0 Å². The van der Waals surface area contributed by atoms with Crippen LogP contribution in [0.25, 0.3) is 0 Å². The van der Waals surface area contributed by atoms with Gasteiger partial charge in [0.15, 0.2) is 0 Å². The van der Waals surface area contributed by atoms with Gasteiger partial charge in [-0.2, -0.15) is 0 Å². The number of hydrogen-bond donors (Lipinski definition) is 2. The van der Waals surface area contributed by atoms with E-state index >= 15 is 0 Å². The van der Waals surface area contributed by atoms with Crippen molar-refractivity contribution in [1.82, 2.24) is 0 Å². The van der Waals surface area contributed by atoms with E-state index in [0.29, 0.717) is 12.8 Å². The Morgan fingerprint density at radius 3 is 2.05 bits per heavy atom. The summed E-state index contributed by atoms with van der Waals surface area (Å²) in [5, 5.41) is 0. The molecule has 0 amide bonds. The Morgan fingerprint density at radius 2 is 1.68 bits per heavy atom. The van der Waals surface area contributed by atoms with Crippen LogP contribution in [0.2, 0.25) is 0 Å². The lowest BCUT2D eigenvalue weighted by molar-refractivity contribution is -0.347.